The molecule has 2 aromatic rings. The quantitative estimate of drug-likeness (QED) is 0.698. The summed E-state index contributed by atoms with van der Waals surface area (Å²) in [7, 11) is 0. The van der Waals surface area contributed by atoms with Crippen LogP contribution in [-0.4, -0.2) is 44.9 Å². The molecule has 3 rings (SSSR count). The van der Waals surface area contributed by atoms with Gasteiger partial charge in [0.2, 0.25) is 0 Å². The molecule has 0 bridgehead atoms. The molecule has 0 aliphatic carbocycles. The van der Waals surface area contributed by atoms with Gasteiger partial charge in [-0.1, -0.05) is 0 Å². The van der Waals surface area contributed by atoms with Crippen molar-refractivity contribution in [1.82, 2.24) is 4.90 Å². The maximum absolute atomic E-state index is 13.1. The first-order chi connectivity index (χ1) is 12.2. The Morgan fingerprint density at radius 1 is 1.00 bits per heavy atom. The van der Waals surface area contributed by atoms with E-state index in [1.165, 1.54) is 9.36 Å². The van der Waals surface area contributed by atoms with Gasteiger partial charge in [0.05, 0.1) is 0 Å². The van der Waals surface area contributed by atoms with Gasteiger partial charge in [-0.2, -0.15) is 0 Å². The van der Waals surface area contributed by atoms with Gasteiger partial charge in [0.15, 0.2) is 0 Å². The van der Waals surface area contributed by atoms with Gasteiger partial charge in [0, 0.05) is 0 Å². The van der Waals surface area contributed by atoms with Gasteiger partial charge < -0.3 is 0 Å². The SMILES string of the molecule is CCCCN1CC([Se]c2ccccc2)C(=O)N(c2ccccc2)C1=O. The van der Waals surface area contributed by atoms with Gasteiger partial charge in [-0.15, -0.1) is 0 Å². The van der Waals surface area contributed by atoms with Crippen molar-refractivity contribution in [2.24, 2.45) is 0 Å². The number of carbonyl (C=O) groups is 2. The van der Waals surface area contributed by atoms with Crippen molar-refractivity contribution >= 4 is 37.0 Å². The van der Waals surface area contributed by atoms with Crippen LogP contribution in [0.3, 0.4) is 0 Å². The van der Waals surface area contributed by atoms with Gasteiger partial charge in [0.1, 0.15) is 0 Å². The molecular weight excluding hydrogens is 379 g/mol. The molecule has 25 heavy (non-hydrogen) atoms. The molecule has 1 saturated heterocycles. The number of benzene rings is 2. The first-order valence-corrected chi connectivity index (χ1v) is 10.4. The molecule has 1 fully saturated rings. The molecule has 0 aromatic heterocycles. The van der Waals surface area contributed by atoms with Crippen LogP contribution in [-0.2, 0) is 4.79 Å². The molecule has 3 amide bonds. The summed E-state index contributed by atoms with van der Waals surface area (Å²) < 4.78 is 1.19. The minimum atomic E-state index is -0.190. The Kier molecular flexibility index (Phi) is 5.90. The van der Waals surface area contributed by atoms with Crippen molar-refractivity contribution < 1.29 is 9.59 Å². The third kappa shape index (κ3) is 4.12. The fourth-order valence-electron chi connectivity index (χ4n) is 2.84. The van der Waals surface area contributed by atoms with E-state index in [2.05, 4.69) is 19.1 Å². The average Bonchev–Trinajstić information content (AvgIpc) is 2.65. The van der Waals surface area contributed by atoms with Crippen LogP contribution in [0, 0.1) is 0 Å². The number of carbonyl (C=O) groups excluding carboxylic acids is 2. The number of amides is 3. The zero-order valence-corrected chi connectivity index (χ0v) is 16.0. The van der Waals surface area contributed by atoms with Gasteiger partial charge in [-0.05, 0) is 0 Å². The average molecular weight is 401 g/mol. The summed E-state index contributed by atoms with van der Waals surface area (Å²) in [6.07, 6.45) is 1.98. The van der Waals surface area contributed by atoms with Crippen LogP contribution >= 0.6 is 0 Å². The zero-order valence-electron chi connectivity index (χ0n) is 14.3. The molecule has 130 valence electrons. The second kappa shape index (κ2) is 8.32. The fourth-order valence-corrected chi connectivity index (χ4v) is 5.15. The minimum absolute atomic E-state index is 0.00343. The fraction of sp³-hybridized carbons (Fsp3) is 0.300. The van der Waals surface area contributed by atoms with Gasteiger partial charge in [-0.25, -0.2) is 0 Å². The number of rotatable bonds is 6. The number of hydrogen-bond donors (Lipinski definition) is 0. The number of nitrogens with zero attached hydrogens (tertiary/aromatic N) is 2. The van der Waals surface area contributed by atoms with Crippen LogP contribution in [0.2, 0.25) is 4.82 Å². The number of imide groups is 1. The van der Waals surface area contributed by atoms with E-state index < -0.39 is 0 Å². The van der Waals surface area contributed by atoms with Crippen LogP contribution in [0.4, 0.5) is 10.5 Å². The van der Waals surface area contributed by atoms with Crippen LogP contribution in [0.25, 0.3) is 0 Å². The predicted octanol–water partition coefficient (Wildman–Crippen LogP) is 3.07. The third-order valence-corrected chi connectivity index (χ3v) is 6.64. The number of unbranched alkanes of at least 4 members (excludes halogenated alkanes) is 1. The van der Waals surface area contributed by atoms with Crippen LogP contribution < -0.4 is 9.36 Å². The van der Waals surface area contributed by atoms with E-state index in [9.17, 15) is 9.59 Å². The Labute approximate surface area is 155 Å². The molecule has 0 N–H and O–H groups in total. The van der Waals surface area contributed by atoms with Crippen LogP contribution in [0.15, 0.2) is 60.7 Å². The summed E-state index contributed by atoms with van der Waals surface area (Å²) in [5.41, 5.74) is 0.660. The maximum atomic E-state index is 13.1. The van der Waals surface area contributed by atoms with E-state index in [-0.39, 0.29) is 31.7 Å². The molecular formula is C20H22N2O2Se. The molecule has 4 nitrogen and oxygen atoms in total. The summed E-state index contributed by atoms with van der Waals surface area (Å²) in [5, 5.41) is 0. The van der Waals surface area contributed by atoms with Crippen molar-refractivity contribution in [2.75, 3.05) is 18.0 Å². The number of anilines is 1. The van der Waals surface area contributed by atoms with E-state index in [4.69, 9.17) is 0 Å². The van der Waals surface area contributed by atoms with Crippen molar-refractivity contribution in [2.45, 2.75) is 24.6 Å². The Morgan fingerprint density at radius 3 is 2.28 bits per heavy atom. The molecule has 2 aromatic carbocycles. The van der Waals surface area contributed by atoms with Gasteiger partial charge >= 0.3 is 155 Å². The Morgan fingerprint density at radius 2 is 1.64 bits per heavy atom. The van der Waals surface area contributed by atoms with Crippen LogP contribution in [0.5, 0.6) is 0 Å². The first-order valence-electron chi connectivity index (χ1n) is 8.60. The van der Waals surface area contributed by atoms with Gasteiger partial charge in [-0.3, -0.25) is 0 Å². The molecule has 1 unspecified atom stereocenters. The number of para-hydroxylation sites is 1. The van der Waals surface area contributed by atoms with Crippen molar-refractivity contribution in [3.63, 3.8) is 0 Å². The van der Waals surface area contributed by atoms with Crippen molar-refractivity contribution in [3.8, 4) is 0 Å². The zero-order chi connectivity index (χ0) is 17.6. The molecule has 1 atom stereocenters. The van der Waals surface area contributed by atoms with E-state index in [1.807, 2.05) is 53.4 Å². The Bertz CT molecular complexity index is 721. The van der Waals surface area contributed by atoms with Crippen molar-refractivity contribution in [1.29, 1.82) is 0 Å². The first kappa shape index (κ1) is 17.7. The molecule has 0 saturated carbocycles. The predicted molar refractivity (Wildman–Crippen MR) is 101 cm³/mol. The number of hydrogen-bond acceptors (Lipinski definition) is 2. The normalized spacial score (nSPS) is 17.9. The Hall–Kier alpha value is -2.10. The van der Waals surface area contributed by atoms with E-state index in [0.29, 0.717) is 18.8 Å². The standard InChI is InChI=1S/C20H22N2O2Se/c1-2-3-14-21-15-18(25-17-12-8-5-9-13-17)19(23)22(20(21)24)16-10-6-4-7-11-16/h4-13,18H,2-3,14-15H2,1H3. The summed E-state index contributed by atoms with van der Waals surface area (Å²) in [6, 6.07) is 19.2. The number of urea groups is 1. The monoisotopic (exact) mass is 402 g/mol. The molecule has 1 heterocycles. The third-order valence-electron chi connectivity index (χ3n) is 4.16. The second-order valence-electron chi connectivity index (χ2n) is 6.01. The van der Waals surface area contributed by atoms with Gasteiger partial charge in [0.25, 0.3) is 0 Å². The molecule has 0 radical (unpaired) electrons. The molecule has 1 aliphatic rings. The van der Waals surface area contributed by atoms with Crippen molar-refractivity contribution in [3.05, 3.63) is 60.7 Å². The Balaban J connectivity index is 1.87. The van der Waals surface area contributed by atoms with E-state index >= 15 is 0 Å². The molecule has 0 spiro atoms. The summed E-state index contributed by atoms with van der Waals surface area (Å²) in [5.74, 6) is -0.0761. The second-order valence-corrected chi connectivity index (χ2v) is 8.69. The van der Waals surface area contributed by atoms with E-state index in [0.717, 1.165) is 12.8 Å². The summed E-state index contributed by atoms with van der Waals surface area (Å²) in [4.78, 5) is 29.0. The van der Waals surface area contributed by atoms with Crippen LogP contribution in [0.1, 0.15) is 19.8 Å². The molecule has 1 aliphatic heterocycles. The van der Waals surface area contributed by atoms with E-state index in [1.54, 1.807) is 0 Å². The molecule has 5 heteroatoms. The topological polar surface area (TPSA) is 40.6 Å². The summed E-state index contributed by atoms with van der Waals surface area (Å²) in [6.45, 7) is 3.34. The summed E-state index contributed by atoms with van der Waals surface area (Å²) >= 11 is -0.00343.